The van der Waals surface area contributed by atoms with E-state index in [1.54, 1.807) is 0 Å². The zero-order valence-electron chi connectivity index (χ0n) is 13.9. The summed E-state index contributed by atoms with van der Waals surface area (Å²) < 4.78 is 5.37. The van der Waals surface area contributed by atoms with Gasteiger partial charge in [0.2, 0.25) is 0 Å². The summed E-state index contributed by atoms with van der Waals surface area (Å²) >= 11 is 0. The van der Waals surface area contributed by atoms with E-state index in [2.05, 4.69) is 21.3 Å². The van der Waals surface area contributed by atoms with Gasteiger partial charge >= 0.3 is 0 Å². The fourth-order valence-corrected chi connectivity index (χ4v) is 3.27. The van der Waals surface area contributed by atoms with Crippen LogP contribution in [0.5, 0.6) is 0 Å². The third kappa shape index (κ3) is 3.37. The minimum atomic E-state index is -0.116. The van der Waals surface area contributed by atoms with E-state index < -0.39 is 0 Å². The zero-order chi connectivity index (χ0) is 17.2. The molecule has 130 valence electrons. The third-order valence-electron chi connectivity index (χ3n) is 4.62. The molecule has 0 unspecified atom stereocenters. The van der Waals surface area contributed by atoms with Gasteiger partial charge in [0.15, 0.2) is 0 Å². The average molecular weight is 339 g/mol. The van der Waals surface area contributed by atoms with E-state index in [0.717, 1.165) is 61.1 Å². The molecule has 0 bridgehead atoms. The van der Waals surface area contributed by atoms with Gasteiger partial charge in [-0.25, -0.2) is 0 Å². The number of nitrogens with one attached hydrogen (secondary N) is 2. The number of benzene rings is 1. The molecule has 2 aliphatic heterocycles. The highest BCUT2D eigenvalue weighted by atomic mass is 16.5. The smallest absolute Gasteiger partial charge is 0.256 e. The van der Waals surface area contributed by atoms with Gasteiger partial charge in [0, 0.05) is 42.3 Å². The first-order valence-electron chi connectivity index (χ1n) is 8.48. The first-order valence-corrected chi connectivity index (χ1v) is 8.48. The maximum Gasteiger partial charge on any atom is 0.256 e. The molecule has 6 heteroatoms. The molecule has 4 rings (SSSR count). The van der Waals surface area contributed by atoms with Gasteiger partial charge < -0.3 is 20.1 Å². The minimum Gasteiger partial charge on any atom is -0.392 e. The van der Waals surface area contributed by atoms with E-state index >= 15 is 0 Å². The molecule has 2 aromatic rings. The molecule has 0 aliphatic carbocycles. The van der Waals surface area contributed by atoms with Crippen LogP contribution in [0.2, 0.25) is 0 Å². The lowest BCUT2D eigenvalue weighted by Gasteiger charge is -2.25. The molecule has 1 amide bonds. The molecule has 3 N–H and O–H groups in total. The molecule has 2 aliphatic rings. The Morgan fingerprint density at radius 1 is 1.20 bits per heavy atom. The van der Waals surface area contributed by atoms with E-state index in [1.807, 2.05) is 30.3 Å². The maximum atomic E-state index is 12.3. The van der Waals surface area contributed by atoms with Gasteiger partial charge in [-0.2, -0.15) is 0 Å². The first-order chi connectivity index (χ1) is 12.2. The van der Waals surface area contributed by atoms with Gasteiger partial charge in [0.1, 0.15) is 0 Å². The van der Waals surface area contributed by atoms with Crippen LogP contribution >= 0.6 is 0 Å². The van der Waals surface area contributed by atoms with E-state index in [0.29, 0.717) is 5.57 Å². The van der Waals surface area contributed by atoms with Crippen molar-refractivity contribution in [3.8, 4) is 0 Å². The van der Waals surface area contributed by atoms with E-state index in [-0.39, 0.29) is 12.5 Å². The standard InChI is InChI=1S/C19H21N3O3/c23-12-13-1-4-18-16(9-13)17(19(24)21-18)10-14-2-3-15(20-14)11-22-5-7-25-8-6-22/h1-4,9-10,20,23H,5-8,11-12H2,(H,21,24). The lowest BCUT2D eigenvalue weighted by atomic mass is 10.0. The SMILES string of the molecule is O=C1Nc2ccc(CO)cc2C1=Cc1ccc(CN2CCOCC2)[nH]1. The number of amides is 1. The highest BCUT2D eigenvalue weighted by Gasteiger charge is 2.24. The van der Waals surface area contributed by atoms with Crippen LogP contribution in [0.1, 0.15) is 22.5 Å². The largest absolute Gasteiger partial charge is 0.392 e. The number of nitrogens with zero attached hydrogens (tertiary/aromatic N) is 1. The molecule has 6 nitrogen and oxygen atoms in total. The van der Waals surface area contributed by atoms with Crippen LogP contribution in [0.15, 0.2) is 30.3 Å². The zero-order valence-corrected chi connectivity index (χ0v) is 13.9. The maximum absolute atomic E-state index is 12.3. The quantitative estimate of drug-likeness (QED) is 0.743. The third-order valence-corrected chi connectivity index (χ3v) is 4.62. The van der Waals surface area contributed by atoms with E-state index in [4.69, 9.17) is 4.74 Å². The number of hydrogen-bond acceptors (Lipinski definition) is 4. The predicted octanol–water partition coefficient (Wildman–Crippen LogP) is 1.83. The molecule has 1 aromatic heterocycles. The molecule has 1 saturated heterocycles. The van der Waals surface area contributed by atoms with Crippen molar-refractivity contribution < 1.29 is 14.6 Å². The Kier molecular flexibility index (Phi) is 4.40. The second kappa shape index (κ2) is 6.84. The average Bonchev–Trinajstić information content (AvgIpc) is 3.20. The van der Waals surface area contributed by atoms with Crippen molar-refractivity contribution in [3.05, 3.63) is 52.8 Å². The summed E-state index contributed by atoms with van der Waals surface area (Å²) in [6.45, 7) is 4.25. The van der Waals surface area contributed by atoms with Gasteiger partial charge in [0.25, 0.3) is 5.91 Å². The van der Waals surface area contributed by atoms with Crippen LogP contribution in [0.3, 0.4) is 0 Å². The van der Waals surface area contributed by atoms with Gasteiger partial charge in [0.05, 0.1) is 25.4 Å². The lowest BCUT2D eigenvalue weighted by Crippen LogP contribution is -2.35. The van der Waals surface area contributed by atoms with Crippen molar-refractivity contribution >= 4 is 23.2 Å². The minimum absolute atomic E-state index is 0.0407. The number of carbonyl (C=O) groups is 1. The van der Waals surface area contributed by atoms with Crippen molar-refractivity contribution in [2.45, 2.75) is 13.2 Å². The van der Waals surface area contributed by atoms with E-state index in [9.17, 15) is 9.90 Å². The second-order valence-corrected chi connectivity index (χ2v) is 6.38. The number of ether oxygens (including phenoxy) is 1. The summed E-state index contributed by atoms with van der Waals surface area (Å²) in [6.07, 6.45) is 1.87. The number of aromatic nitrogens is 1. The van der Waals surface area contributed by atoms with Crippen molar-refractivity contribution in [1.29, 1.82) is 0 Å². The Labute approximate surface area is 146 Å². The molecule has 0 saturated carbocycles. The van der Waals surface area contributed by atoms with Crippen LogP contribution in [0.25, 0.3) is 11.6 Å². The number of rotatable bonds is 4. The summed E-state index contributed by atoms with van der Waals surface area (Å²) in [5.74, 6) is -0.116. The molecule has 0 radical (unpaired) electrons. The predicted molar refractivity (Wildman–Crippen MR) is 95.8 cm³/mol. The number of aliphatic hydroxyl groups is 1. The number of hydrogen-bond donors (Lipinski definition) is 3. The number of morpholine rings is 1. The molecule has 3 heterocycles. The first kappa shape index (κ1) is 16.1. The highest BCUT2D eigenvalue weighted by Crippen LogP contribution is 2.33. The van der Waals surface area contributed by atoms with Gasteiger partial charge in [-0.1, -0.05) is 6.07 Å². The molecular formula is C19H21N3O3. The lowest BCUT2D eigenvalue weighted by molar-refractivity contribution is -0.110. The number of aromatic amines is 1. The van der Waals surface area contributed by atoms with Crippen LogP contribution in [0, 0.1) is 0 Å². The Morgan fingerprint density at radius 2 is 2.04 bits per heavy atom. The summed E-state index contributed by atoms with van der Waals surface area (Å²) in [7, 11) is 0. The molecule has 1 fully saturated rings. The van der Waals surface area contributed by atoms with Gasteiger partial charge in [-0.15, -0.1) is 0 Å². The van der Waals surface area contributed by atoms with E-state index in [1.165, 1.54) is 0 Å². The molecule has 0 atom stereocenters. The van der Waals surface area contributed by atoms with Crippen LogP contribution in [0.4, 0.5) is 5.69 Å². The number of fused-ring (bicyclic) bond motifs is 1. The fraction of sp³-hybridized carbons (Fsp3) is 0.316. The monoisotopic (exact) mass is 339 g/mol. The summed E-state index contributed by atoms with van der Waals surface area (Å²) in [4.78, 5) is 18.0. The Bertz CT molecular complexity index is 819. The Balaban J connectivity index is 1.56. The van der Waals surface area contributed by atoms with Crippen LogP contribution in [-0.4, -0.2) is 47.2 Å². The molecular weight excluding hydrogens is 318 g/mol. The fourth-order valence-electron chi connectivity index (χ4n) is 3.27. The van der Waals surface area contributed by atoms with Crippen molar-refractivity contribution in [2.75, 3.05) is 31.6 Å². The second-order valence-electron chi connectivity index (χ2n) is 6.38. The van der Waals surface area contributed by atoms with Crippen LogP contribution in [-0.2, 0) is 22.7 Å². The van der Waals surface area contributed by atoms with Crippen molar-refractivity contribution in [1.82, 2.24) is 9.88 Å². The summed E-state index contributed by atoms with van der Waals surface area (Å²) in [5, 5.41) is 12.2. The Morgan fingerprint density at radius 3 is 2.84 bits per heavy atom. The molecule has 0 spiro atoms. The van der Waals surface area contributed by atoms with Crippen molar-refractivity contribution in [3.63, 3.8) is 0 Å². The van der Waals surface area contributed by atoms with Crippen LogP contribution < -0.4 is 5.32 Å². The number of carbonyl (C=O) groups excluding carboxylic acids is 1. The number of aliphatic hydroxyl groups excluding tert-OH is 1. The number of H-pyrrole nitrogens is 1. The van der Waals surface area contributed by atoms with Gasteiger partial charge in [-0.05, 0) is 35.9 Å². The van der Waals surface area contributed by atoms with Crippen molar-refractivity contribution in [2.24, 2.45) is 0 Å². The summed E-state index contributed by atoms with van der Waals surface area (Å²) in [6, 6.07) is 9.55. The molecule has 1 aromatic carbocycles. The molecule has 25 heavy (non-hydrogen) atoms. The normalized spacial score (nSPS) is 19.2. The van der Waals surface area contributed by atoms with Gasteiger partial charge in [-0.3, -0.25) is 9.69 Å². The highest BCUT2D eigenvalue weighted by molar-refractivity contribution is 6.34. The Hall–Kier alpha value is -2.41. The summed E-state index contributed by atoms with van der Waals surface area (Å²) in [5.41, 5.74) is 5.05. The number of anilines is 1. The topological polar surface area (TPSA) is 77.6 Å².